The number of halogens is 2. The van der Waals surface area contributed by atoms with E-state index >= 15 is 0 Å². The molecule has 0 bridgehead atoms. The second-order valence-electron chi connectivity index (χ2n) is 3.69. The summed E-state index contributed by atoms with van der Waals surface area (Å²) in [5, 5.41) is 2.69. The average molecular weight is 287 g/mol. The predicted octanol–water partition coefficient (Wildman–Crippen LogP) is 4.93. The van der Waals surface area contributed by atoms with Gasteiger partial charge in [-0.15, -0.1) is 22.9 Å². The zero-order valence-corrected chi connectivity index (χ0v) is 11.6. The first-order valence-corrected chi connectivity index (χ1v) is 6.89. The Balaban J connectivity index is 2.05. The van der Waals surface area contributed by atoms with Crippen LogP contribution in [0.3, 0.4) is 0 Å². The van der Waals surface area contributed by atoms with E-state index in [-0.39, 0.29) is 5.38 Å². The summed E-state index contributed by atoms with van der Waals surface area (Å²) in [6.45, 7) is 0. The van der Waals surface area contributed by atoms with Crippen LogP contribution in [0.2, 0.25) is 5.02 Å². The van der Waals surface area contributed by atoms with Crippen LogP contribution in [0.1, 0.15) is 15.8 Å². The molecule has 17 heavy (non-hydrogen) atoms. The molecule has 1 aromatic heterocycles. The zero-order chi connectivity index (χ0) is 12.3. The molecule has 1 atom stereocenters. The summed E-state index contributed by atoms with van der Waals surface area (Å²) in [4.78, 5) is 1.12. The van der Waals surface area contributed by atoms with Gasteiger partial charge < -0.3 is 4.74 Å². The van der Waals surface area contributed by atoms with Crippen molar-refractivity contribution in [2.24, 2.45) is 0 Å². The van der Waals surface area contributed by atoms with Crippen molar-refractivity contribution in [2.75, 3.05) is 7.11 Å². The summed E-state index contributed by atoms with van der Waals surface area (Å²) in [5.41, 5.74) is 1.18. The van der Waals surface area contributed by atoms with Crippen LogP contribution in [0, 0.1) is 0 Å². The van der Waals surface area contributed by atoms with Crippen LogP contribution in [-0.4, -0.2) is 7.11 Å². The van der Waals surface area contributed by atoms with E-state index < -0.39 is 0 Å². The first-order chi connectivity index (χ1) is 8.19. The molecular weight excluding hydrogens is 275 g/mol. The summed E-state index contributed by atoms with van der Waals surface area (Å²) in [7, 11) is 1.66. The third kappa shape index (κ3) is 3.38. The molecule has 0 aliphatic heterocycles. The largest absolute Gasteiger partial charge is 0.496 e. The third-order valence-corrected chi connectivity index (χ3v) is 4.26. The monoisotopic (exact) mass is 286 g/mol. The Morgan fingerprint density at radius 2 is 2.00 bits per heavy atom. The average Bonchev–Trinajstić information content (AvgIpc) is 2.81. The summed E-state index contributed by atoms with van der Waals surface area (Å²) in [6.07, 6.45) is 0.794. The molecule has 0 spiro atoms. The maximum absolute atomic E-state index is 6.37. The number of ether oxygens (including phenoxy) is 1. The molecule has 0 saturated carbocycles. The van der Waals surface area contributed by atoms with Crippen LogP contribution in [-0.2, 0) is 6.42 Å². The van der Waals surface area contributed by atoms with Crippen molar-refractivity contribution >= 4 is 34.5 Å². The molecule has 2 aromatic rings. The molecule has 0 aliphatic carbocycles. The van der Waals surface area contributed by atoms with Gasteiger partial charge in [-0.05, 0) is 30.2 Å². The second-order valence-corrected chi connectivity index (χ2v) is 5.59. The van der Waals surface area contributed by atoms with E-state index in [4.69, 9.17) is 27.9 Å². The van der Waals surface area contributed by atoms with Gasteiger partial charge >= 0.3 is 0 Å². The lowest BCUT2D eigenvalue weighted by Gasteiger charge is -2.07. The van der Waals surface area contributed by atoms with Crippen molar-refractivity contribution in [1.29, 1.82) is 0 Å². The number of thiophene rings is 1. The van der Waals surface area contributed by atoms with Gasteiger partial charge in [-0.3, -0.25) is 0 Å². The van der Waals surface area contributed by atoms with Crippen LogP contribution < -0.4 is 4.74 Å². The summed E-state index contributed by atoms with van der Waals surface area (Å²) in [6, 6.07) is 9.76. The maximum atomic E-state index is 6.37. The van der Waals surface area contributed by atoms with Crippen molar-refractivity contribution < 1.29 is 4.74 Å². The Labute approximate surface area is 115 Å². The van der Waals surface area contributed by atoms with E-state index in [1.54, 1.807) is 18.4 Å². The fraction of sp³-hybridized carbons (Fsp3) is 0.231. The predicted molar refractivity (Wildman–Crippen MR) is 74.6 cm³/mol. The second kappa shape index (κ2) is 5.76. The SMILES string of the molecule is COc1csc(C(Cl)Cc2ccc(Cl)cc2)c1. The number of hydrogen-bond donors (Lipinski definition) is 0. The highest BCUT2D eigenvalue weighted by Crippen LogP contribution is 2.33. The smallest absolute Gasteiger partial charge is 0.129 e. The molecule has 1 aromatic carbocycles. The molecule has 1 unspecified atom stereocenters. The number of hydrogen-bond acceptors (Lipinski definition) is 2. The van der Waals surface area contributed by atoms with Crippen LogP contribution in [0.15, 0.2) is 35.7 Å². The molecule has 1 heterocycles. The van der Waals surface area contributed by atoms with Gasteiger partial charge in [0.05, 0.1) is 12.5 Å². The highest BCUT2D eigenvalue weighted by Gasteiger charge is 2.12. The molecule has 0 amide bonds. The molecule has 0 fully saturated rings. The molecule has 4 heteroatoms. The lowest BCUT2D eigenvalue weighted by atomic mass is 10.1. The minimum Gasteiger partial charge on any atom is -0.496 e. The Morgan fingerprint density at radius 1 is 1.29 bits per heavy atom. The maximum Gasteiger partial charge on any atom is 0.129 e. The van der Waals surface area contributed by atoms with Crippen molar-refractivity contribution in [3.63, 3.8) is 0 Å². The van der Waals surface area contributed by atoms with Crippen LogP contribution in [0.4, 0.5) is 0 Å². The van der Waals surface area contributed by atoms with E-state index in [0.29, 0.717) is 0 Å². The minimum atomic E-state index is -0.0231. The van der Waals surface area contributed by atoms with Crippen molar-refractivity contribution in [3.05, 3.63) is 51.2 Å². The molecular formula is C13H12Cl2OS. The van der Waals surface area contributed by atoms with Crippen molar-refractivity contribution in [3.8, 4) is 5.75 Å². The number of alkyl halides is 1. The van der Waals surface area contributed by atoms with Crippen molar-refractivity contribution in [2.45, 2.75) is 11.8 Å². The molecule has 0 aliphatic rings. The lowest BCUT2D eigenvalue weighted by molar-refractivity contribution is 0.416. The normalized spacial score (nSPS) is 12.4. The number of rotatable bonds is 4. The molecule has 2 rings (SSSR count). The Hall–Kier alpha value is -0.700. The lowest BCUT2D eigenvalue weighted by Crippen LogP contribution is -1.93. The van der Waals surface area contributed by atoms with Crippen molar-refractivity contribution in [1.82, 2.24) is 0 Å². The van der Waals surface area contributed by atoms with E-state index in [2.05, 4.69) is 0 Å². The highest BCUT2D eigenvalue weighted by molar-refractivity contribution is 7.10. The first kappa shape index (κ1) is 12.7. The van der Waals surface area contributed by atoms with E-state index in [9.17, 15) is 0 Å². The topological polar surface area (TPSA) is 9.23 Å². The van der Waals surface area contributed by atoms with E-state index in [0.717, 1.165) is 22.1 Å². The Bertz CT molecular complexity index is 478. The summed E-state index contributed by atoms with van der Waals surface area (Å²) in [5.74, 6) is 0.867. The first-order valence-electron chi connectivity index (χ1n) is 5.20. The fourth-order valence-corrected chi connectivity index (χ4v) is 2.89. The molecule has 0 radical (unpaired) electrons. The van der Waals surface area contributed by atoms with Crippen LogP contribution in [0.25, 0.3) is 0 Å². The van der Waals surface area contributed by atoms with Gasteiger partial charge in [0.25, 0.3) is 0 Å². The third-order valence-electron chi connectivity index (χ3n) is 2.47. The standard InChI is InChI=1S/C13H12Cl2OS/c1-16-11-7-13(17-8-11)12(15)6-9-2-4-10(14)5-3-9/h2-5,7-8,12H,6H2,1H3. The van der Waals surface area contributed by atoms with Gasteiger partial charge in [0, 0.05) is 15.3 Å². The van der Waals surface area contributed by atoms with Gasteiger partial charge in [0.2, 0.25) is 0 Å². The minimum absolute atomic E-state index is 0.0231. The summed E-state index contributed by atoms with van der Waals surface area (Å²) < 4.78 is 5.15. The quantitative estimate of drug-likeness (QED) is 0.724. The Kier molecular flexibility index (Phi) is 4.32. The molecule has 0 N–H and O–H groups in total. The van der Waals surface area contributed by atoms with E-state index in [1.807, 2.05) is 35.7 Å². The van der Waals surface area contributed by atoms with E-state index in [1.165, 1.54) is 5.56 Å². The fourth-order valence-electron chi connectivity index (χ4n) is 1.53. The van der Waals surface area contributed by atoms with Crippen LogP contribution in [0.5, 0.6) is 5.75 Å². The number of methoxy groups -OCH3 is 1. The molecule has 1 nitrogen and oxygen atoms in total. The molecule has 90 valence electrons. The Morgan fingerprint density at radius 3 is 2.59 bits per heavy atom. The van der Waals surface area contributed by atoms with Gasteiger partial charge in [0.1, 0.15) is 5.75 Å². The molecule has 0 saturated heterocycles. The van der Waals surface area contributed by atoms with Gasteiger partial charge in [-0.25, -0.2) is 0 Å². The number of benzene rings is 1. The van der Waals surface area contributed by atoms with Crippen LogP contribution >= 0.6 is 34.5 Å². The van der Waals surface area contributed by atoms with Gasteiger partial charge in [0.15, 0.2) is 0 Å². The summed E-state index contributed by atoms with van der Waals surface area (Å²) >= 11 is 13.8. The van der Waals surface area contributed by atoms with Gasteiger partial charge in [-0.1, -0.05) is 23.7 Å². The zero-order valence-electron chi connectivity index (χ0n) is 9.32. The highest BCUT2D eigenvalue weighted by atomic mass is 35.5. The van der Waals surface area contributed by atoms with Gasteiger partial charge in [-0.2, -0.15) is 0 Å².